The van der Waals surface area contributed by atoms with Gasteiger partial charge in [0.2, 0.25) is 5.78 Å². The zero-order chi connectivity index (χ0) is 11.7. The topological polar surface area (TPSA) is 17.1 Å². The summed E-state index contributed by atoms with van der Waals surface area (Å²) in [6.45, 7) is 2.07. The minimum atomic E-state index is -4.56. The summed E-state index contributed by atoms with van der Waals surface area (Å²) in [7, 11) is 0. The van der Waals surface area contributed by atoms with E-state index in [0.717, 1.165) is 31.6 Å². The number of rotatable bonds is 6. The van der Waals surface area contributed by atoms with Crippen LogP contribution in [0.4, 0.5) is 13.2 Å². The lowest BCUT2D eigenvalue weighted by molar-refractivity contribution is -0.114. The first-order valence-electron chi connectivity index (χ1n) is 5.08. The zero-order valence-corrected chi connectivity index (χ0v) is 8.78. The van der Waals surface area contributed by atoms with Crippen molar-refractivity contribution in [2.75, 3.05) is 0 Å². The van der Waals surface area contributed by atoms with Crippen molar-refractivity contribution in [1.29, 1.82) is 0 Å². The smallest absolute Gasteiger partial charge is 0.285 e. The second-order valence-corrected chi connectivity index (χ2v) is 3.34. The van der Waals surface area contributed by atoms with Crippen molar-refractivity contribution in [3.8, 4) is 11.8 Å². The van der Waals surface area contributed by atoms with Crippen LogP contribution in [0.2, 0.25) is 0 Å². The summed E-state index contributed by atoms with van der Waals surface area (Å²) >= 11 is 0. The Morgan fingerprint density at radius 1 is 1.13 bits per heavy atom. The van der Waals surface area contributed by atoms with Crippen LogP contribution in [0.1, 0.15) is 45.4 Å². The molecule has 0 rings (SSSR count). The Morgan fingerprint density at radius 2 is 1.73 bits per heavy atom. The van der Waals surface area contributed by atoms with E-state index in [1.54, 1.807) is 5.92 Å². The lowest BCUT2D eigenvalue weighted by Crippen LogP contribution is -2.03. The molecule has 0 aromatic heterocycles. The van der Waals surface area contributed by atoms with Crippen molar-refractivity contribution in [3.05, 3.63) is 0 Å². The molecule has 0 aliphatic heterocycles. The predicted molar refractivity (Wildman–Crippen MR) is 52.2 cm³/mol. The van der Waals surface area contributed by atoms with Gasteiger partial charge in [0.05, 0.1) is 0 Å². The number of hydrogen-bond acceptors (Lipinski definition) is 1. The Kier molecular flexibility index (Phi) is 6.85. The van der Waals surface area contributed by atoms with Gasteiger partial charge in [-0.15, -0.1) is 0 Å². The summed E-state index contributed by atoms with van der Waals surface area (Å²) in [6.07, 6.45) is 0.310. The van der Waals surface area contributed by atoms with Crippen LogP contribution in [0, 0.1) is 11.8 Å². The van der Waals surface area contributed by atoms with E-state index in [1.165, 1.54) is 0 Å². The van der Waals surface area contributed by atoms with Crippen LogP contribution < -0.4 is 0 Å². The van der Waals surface area contributed by atoms with Gasteiger partial charge in [-0.25, -0.2) is 0 Å². The normalized spacial score (nSPS) is 10.7. The van der Waals surface area contributed by atoms with Gasteiger partial charge in [-0.05, 0) is 12.3 Å². The molecule has 0 heterocycles. The fraction of sp³-hybridized carbons (Fsp3) is 0.727. The van der Waals surface area contributed by atoms with Crippen molar-refractivity contribution in [2.24, 2.45) is 0 Å². The van der Waals surface area contributed by atoms with Gasteiger partial charge in [-0.2, -0.15) is 13.2 Å². The number of carbonyl (C=O) groups is 1. The fourth-order valence-corrected chi connectivity index (χ4v) is 1.09. The van der Waals surface area contributed by atoms with Crippen molar-refractivity contribution in [3.63, 3.8) is 0 Å². The lowest BCUT2D eigenvalue weighted by Gasteiger charge is -1.96. The van der Waals surface area contributed by atoms with Gasteiger partial charge in [0.15, 0.2) is 0 Å². The first kappa shape index (κ1) is 14.0. The largest absolute Gasteiger partial charge is 0.458 e. The predicted octanol–water partition coefficient (Wildman–Crippen LogP) is 3.48. The van der Waals surface area contributed by atoms with E-state index in [1.807, 2.05) is 0 Å². The van der Waals surface area contributed by atoms with Crippen LogP contribution in [0.5, 0.6) is 0 Å². The first-order chi connectivity index (χ1) is 6.95. The van der Waals surface area contributed by atoms with Crippen molar-refractivity contribution >= 4 is 5.78 Å². The Balaban J connectivity index is 3.61. The maximum atomic E-state index is 11.6. The third-order valence-corrected chi connectivity index (χ3v) is 1.85. The van der Waals surface area contributed by atoms with Crippen LogP contribution >= 0.6 is 0 Å². The van der Waals surface area contributed by atoms with E-state index >= 15 is 0 Å². The Bertz CT molecular complexity index is 245. The number of unbranched alkanes of at least 4 members (excludes halogenated alkanes) is 4. The van der Waals surface area contributed by atoms with E-state index in [4.69, 9.17) is 0 Å². The fourth-order valence-electron chi connectivity index (χ4n) is 1.09. The Labute approximate surface area is 88.0 Å². The summed E-state index contributed by atoms with van der Waals surface area (Å²) in [4.78, 5) is 10.8. The SMILES string of the molecule is CCCCCCCC(=O)C#CC(F)(F)F. The highest BCUT2D eigenvalue weighted by molar-refractivity contribution is 5.95. The number of hydrogen-bond donors (Lipinski definition) is 0. The number of alkyl halides is 3. The molecule has 0 atom stereocenters. The van der Waals surface area contributed by atoms with Crippen molar-refractivity contribution in [2.45, 2.75) is 51.6 Å². The summed E-state index contributed by atoms with van der Waals surface area (Å²) in [5.74, 6) is 1.95. The summed E-state index contributed by atoms with van der Waals surface area (Å²) in [5, 5.41) is 0. The molecule has 0 spiro atoms. The van der Waals surface area contributed by atoms with Crippen LogP contribution in [-0.2, 0) is 4.79 Å². The molecule has 0 bridgehead atoms. The van der Waals surface area contributed by atoms with Gasteiger partial charge in [0.25, 0.3) is 0 Å². The molecule has 0 saturated carbocycles. The van der Waals surface area contributed by atoms with Gasteiger partial charge >= 0.3 is 6.18 Å². The summed E-state index contributed by atoms with van der Waals surface area (Å²) in [5.41, 5.74) is 0. The standard InChI is InChI=1S/C11H15F3O/c1-2-3-4-5-6-7-10(15)8-9-11(12,13)14/h2-7H2,1H3. The van der Waals surface area contributed by atoms with Gasteiger partial charge in [0.1, 0.15) is 0 Å². The van der Waals surface area contributed by atoms with E-state index in [-0.39, 0.29) is 6.42 Å². The van der Waals surface area contributed by atoms with Gasteiger partial charge < -0.3 is 0 Å². The van der Waals surface area contributed by atoms with Crippen molar-refractivity contribution < 1.29 is 18.0 Å². The number of Topliss-reactive ketones (excluding diaryl/α,β-unsaturated/α-hetero) is 1. The van der Waals surface area contributed by atoms with Crippen LogP contribution in [0.25, 0.3) is 0 Å². The highest BCUT2D eigenvalue weighted by Crippen LogP contribution is 2.12. The highest BCUT2D eigenvalue weighted by atomic mass is 19.4. The average Bonchev–Trinajstić information content (AvgIpc) is 2.13. The van der Waals surface area contributed by atoms with E-state index in [2.05, 4.69) is 6.92 Å². The van der Waals surface area contributed by atoms with E-state index in [0.29, 0.717) is 6.42 Å². The molecule has 0 N–H and O–H groups in total. The molecule has 0 aromatic carbocycles. The molecule has 4 heteroatoms. The van der Waals surface area contributed by atoms with E-state index in [9.17, 15) is 18.0 Å². The number of ketones is 1. The van der Waals surface area contributed by atoms with Crippen molar-refractivity contribution in [1.82, 2.24) is 0 Å². The summed E-state index contributed by atoms with van der Waals surface area (Å²) < 4.78 is 34.7. The molecule has 15 heavy (non-hydrogen) atoms. The second-order valence-electron chi connectivity index (χ2n) is 3.34. The molecule has 0 unspecified atom stereocenters. The van der Waals surface area contributed by atoms with E-state index < -0.39 is 12.0 Å². The van der Waals surface area contributed by atoms with Crippen LogP contribution in [-0.4, -0.2) is 12.0 Å². The molecule has 1 nitrogen and oxygen atoms in total. The maximum absolute atomic E-state index is 11.6. The molecule has 0 aliphatic rings. The highest BCUT2D eigenvalue weighted by Gasteiger charge is 2.23. The monoisotopic (exact) mass is 220 g/mol. The molecule has 86 valence electrons. The van der Waals surface area contributed by atoms with Crippen LogP contribution in [0.15, 0.2) is 0 Å². The molecular weight excluding hydrogens is 205 g/mol. The average molecular weight is 220 g/mol. The third-order valence-electron chi connectivity index (χ3n) is 1.85. The molecule has 0 fully saturated rings. The van der Waals surface area contributed by atoms with Gasteiger partial charge in [0, 0.05) is 12.3 Å². The lowest BCUT2D eigenvalue weighted by atomic mass is 10.1. The third kappa shape index (κ3) is 10.9. The molecule has 0 amide bonds. The zero-order valence-electron chi connectivity index (χ0n) is 8.78. The first-order valence-corrected chi connectivity index (χ1v) is 5.08. The maximum Gasteiger partial charge on any atom is 0.458 e. The minimum Gasteiger partial charge on any atom is -0.285 e. The second kappa shape index (κ2) is 7.33. The van der Waals surface area contributed by atoms with Gasteiger partial charge in [-0.3, -0.25) is 4.79 Å². The molecule has 0 saturated heterocycles. The molecular formula is C11H15F3O. The van der Waals surface area contributed by atoms with Gasteiger partial charge in [-0.1, -0.05) is 32.6 Å². The minimum absolute atomic E-state index is 0.132. The Hall–Kier alpha value is -0.980. The summed E-state index contributed by atoms with van der Waals surface area (Å²) in [6, 6.07) is 0. The quantitative estimate of drug-likeness (QED) is 0.380. The van der Waals surface area contributed by atoms with Crippen LogP contribution in [0.3, 0.4) is 0 Å². The number of carbonyl (C=O) groups excluding carboxylic acids is 1. The molecule has 0 aliphatic carbocycles. The Morgan fingerprint density at radius 3 is 2.27 bits per heavy atom. The molecule has 0 radical (unpaired) electrons. The molecule has 0 aromatic rings. The number of halogens is 3.